The smallest absolute Gasteiger partial charge is 0.205 e. The predicted octanol–water partition coefficient (Wildman–Crippen LogP) is 2.69. The van der Waals surface area contributed by atoms with Gasteiger partial charge in [0.05, 0.1) is 48.9 Å². The SMILES string of the molecule is CC1CN(c2c(C=O)cc3c(-c4cnc(N5CCOCC5)cn4)noc3c2F)CC(C)O1. The van der Waals surface area contributed by atoms with Gasteiger partial charge in [0.25, 0.3) is 0 Å². The lowest BCUT2D eigenvalue weighted by Crippen LogP contribution is -2.46. The van der Waals surface area contributed by atoms with E-state index in [1.807, 2.05) is 18.7 Å². The molecule has 2 aliphatic rings. The topological polar surface area (TPSA) is 93.8 Å². The second-order valence-electron chi connectivity index (χ2n) is 8.18. The second-order valence-corrected chi connectivity index (χ2v) is 8.18. The number of morpholine rings is 2. The number of benzene rings is 1. The molecular weight excluding hydrogens is 417 g/mol. The summed E-state index contributed by atoms with van der Waals surface area (Å²) in [5.74, 6) is 0.130. The van der Waals surface area contributed by atoms with Gasteiger partial charge in [-0.1, -0.05) is 5.16 Å². The Balaban J connectivity index is 1.52. The third-order valence-corrected chi connectivity index (χ3v) is 5.79. The van der Waals surface area contributed by atoms with Crippen LogP contribution in [0.25, 0.3) is 22.4 Å². The number of aldehydes is 1. The summed E-state index contributed by atoms with van der Waals surface area (Å²) >= 11 is 0. The van der Waals surface area contributed by atoms with Crippen molar-refractivity contribution in [2.75, 3.05) is 49.2 Å². The summed E-state index contributed by atoms with van der Waals surface area (Å²) in [4.78, 5) is 24.8. The fourth-order valence-electron chi connectivity index (χ4n) is 4.40. The van der Waals surface area contributed by atoms with Crippen molar-refractivity contribution in [2.45, 2.75) is 26.1 Å². The summed E-state index contributed by atoms with van der Waals surface area (Å²) in [7, 11) is 0. The molecule has 4 heterocycles. The number of rotatable bonds is 4. The maximum atomic E-state index is 15.6. The monoisotopic (exact) mass is 441 g/mol. The Bertz CT molecular complexity index is 1120. The molecule has 0 amide bonds. The number of carbonyl (C=O) groups excluding carboxylic acids is 1. The zero-order chi connectivity index (χ0) is 22.2. The van der Waals surface area contributed by atoms with Gasteiger partial charge >= 0.3 is 0 Å². The van der Waals surface area contributed by atoms with Crippen molar-refractivity contribution in [2.24, 2.45) is 0 Å². The summed E-state index contributed by atoms with van der Waals surface area (Å²) in [5.41, 5.74) is 1.23. The third kappa shape index (κ3) is 3.69. The average molecular weight is 441 g/mol. The second kappa shape index (κ2) is 8.44. The van der Waals surface area contributed by atoms with Gasteiger partial charge in [0.1, 0.15) is 17.2 Å². The van der Waals surface area contributed by atoms with E-state index in [1.54, 1.807) is 18.5 Å². The van der Waals surface area contributed by atoms with Gasteiger partial charge in [-0.2, -0.15) is 0 Å². The fourth-order valence-corrected chi connectivity index (χ4v) is 4.40. The van der Waals surface area contributed by atoms with Gasteiger partial charge in [-0.3, -0.25) is 4.79 Å². The van der Waals surface area contributed by atoms with E-state index in [0.717, 1.165) is 18.9 Å². The number of hydrogen-bond donors (Lipinski definition) is 0. The molecule has 0 radical (unpaired) electrons. The Labute approximate surface area is 184 Å². The van der Waals surface area contributed by atoms with Crippen molar-refractivity contribution in [1.82, 2.24) is 15.1 Å². The minimum atomic E-state index is -0.609. The first-order valence-electron chi connectivity index (χ1n) is 10.7. The number of aromatic nitrogens is 3. The first-order chi connectivity index (χ1) is 15.5. The summed E-state index contributed by atoms with van der Waals surface area (Å²) < 4.78 is 32.0. The first kappa shape index (κ1) is 20.8. The van der Waals surface area contributed by atoms with E-state index in [2.05, 4.69) is 20.0 Å². The molecule has 0 bridgehead atoms. The highest BCUT2D eigenvalue weighted by Gasteiger charge is 2.29. The van der Waals surface area contributed by atoms with Crippen LogP contribution in [0.1, 0.15) is 24.2 Å². The third-order valence-electron chi connectivity index (χ3n) is 5.79. The molecule has 9 nitrogen and oxygen atoms in total. The largest absolute Gasteiger partial charge is 0.378 e. The van der Waals surface area contributed by atoms with E-state index in [4.69, 9.17) is 14.0 Å². The Morgan fingerprint density at radius 1 is 1.09 bits per heavy atom. The molecule has 10 heteroatoms. The highest BCUT2D eigenvalue weighted by Crippen LogP contribution is 2.36. The number of halogens is 1. The predicted molar refractivity (Wildman–Crippen MR) is 116 cm³/mol. The van der Waals surface area contributed by atoms with E-state index in [0.29, 0.717) is 49.4 Å². The molecule has 0 saturated carbocycles. The van der Waals surface area contributed by atoms with Crippen LogP contribution in [0.2, 0.25) is 0 Å². The van der Waals surface area contributed by atoms with Crippen LogP contribution in [0.3, 0.4) is 0 Å². The quantitative estimate of drug-likeness (QED) is 0.567. The van der Waals surface area contributed by atoms with Crippen molar-refractivity contribution in [3.8, 4) is 11.4 Å². The summed E-state index contributed by atoms with van der Waals surface area (Å²) in [6, 6.07) is 1.61. The van der Waals surface area contributed by atoms with Gasteiger partial charge in [-0.15, -0.1) is 0 Å². The molecule has 2 aromatic heterocycles. The van der Waals surface area contributed by atoms with Gasteiger partial charge in [-0.05, 0) is 19.9 Å². The normalized spacial score (nSPS) is 21.8. The minimum absolute atomic E-state index is 0.00791. The lowest BCUT2D eigenvalue weighted by molar-refractivity contribution is -0.00543. The van der Waals surface area contributed by atoms with Crippen LogP contribution in [-0.2, 0) is 9.47 Å². The van der Waals surface area contributed by atoms with E-state index >= 15 is 4.39 Å². The Morgan fingerprint density at radius 3 is 2.50 bits per heavy atom. The van der Waals surface area contributed by atoms with Gasteiger partial charge in [0.2, 0.25) is 5.58 Å². The number of fused-ring (bicyclic) bond motifs is 1. The summed E-state index contributed by atoms with van der Waals surface area (Å²) in [5, 5.41) is 4.44. The molecule has 0 N–H and O–H groups in total. The molecule has 2 unspecified atom stereocenters. The molecule has 0 spiro atoms. The van der Waals surface area contributed by atoms with Crippen molar-refractivity contribution in [3.63, 3.8) is 0 Å². The van der Waals surface area contributed by atoms with Gasteiger partial charge in [0, 0.05) is 31.7 Å². The first-order valence-corrected chi connectivity index (χ1v) is 10.7. The zero-order valence-electron chi connectivity index (χ0n) is 18.0. The molecule has 1 aromatic carbocycles. The zero-order valence-corrected chi connectivity index (χ0v) is 18.0. The minimum Gasteiger partial charge on any atom is -0.378 e. The molecule has 2 fully saturated rings. The summed E-state index contributed by atoms with van der Waals surface area (Å²) in [6.07, 6.45) is 3.73. The maximum Gasteiger partial charge on any atom is 0.205 e. The van der Waals surface area contributed by atoms with Crippen LogP contribution in [0.15, 0.2) is 23.0 Å². The molecule has 32 heavy (non-hydrogen) atoms. The highest BCUT2D eigenvalue weighted by atomic mass is 19.1. The van der Waals surface area contributed by atoms with Crippen molar-refractivity contribution in [1.29, 1.82) is 0 Å². The van der Waals surface area contributed by atoms with Crippen LogP contribution >= 0.6 is 0 Å². The molecular formula is C22H24FN5O4. The number of anilines is 2. The van der Waals surface area contributed by atoms with Crippen LogP contribution in [0.5, 0.6) is 0 Å². The molecule has 2 saturated heterocycles. The van der Waals surface area contributed by atoms with Crippen molar-refractivity contribution < 1.29 is 23.2 Å². The number of ether oxygens (including phenoxy) is 2. The molecule has 5 rings (SSSR count). The molecule has 2 atom stereocenters. The van der Waals surface area contributed by atoms with Crippen LogP contribution in [0, 0.1) is 5.82 Å². The lowest BCUT2D eigenvalue weighted by atomic mass is 10.0. The van der Waals surface area contributed by atoms with Crippen LogP contribution in [-0.4, -0.2) is 73.0 Å². The van der Waals surface area contributed by atoms with E-state index < -0.39 is 5.82 Å². The number of hydrogen-bond acceptors (Lipinski definition) is 9. The van der Waals surface area contributed by atoms with E-state index in [1.165, 1.54) is 0 Å². The lowest BCUT2D eigenvalue weighted by Gasteiger charge is -2.37. The summed E-state index contributed by atoms with van der Waals surface area (Å²) in [6.45, 7) is 7.58. The van der Waals surface area contributed by atoms with Crippen molar-refractivity contribution >= 4 is 28.8 Å². The Kier molecular flexibility index (Phi) is 5.48. The Hall–Kier alpha value is -3.11. The maximum absolute atomic E-state index is 15.6. The molecule has 0 aliphatic carbocycles. The average Bonchev–Trinajstić information content (AvgIpc) is 3.23. The van der Waals surface area contributed by atoms with Crippen LogP contribution < -0.4 is 9.80 Å². The fraction of sp³-hybridized carbons (Fsp3) is 0.455. The van der Waals surface area contributed by atoms with E-state index in [9.17, 15) is 4.79 Å². The number of carbonyl (C=O) groups is 1. The van der Waals surface area contributed by atoms with E-state index in [-0.39, 0.29) is 29.0 Å². The highest BCUT2D eigenvalue weighted by molar-refractivity contribution is 5.99. The molecule has 3 aromatic rings. The van der Waals surface area contributed by atoms with Gasteiger partial charge in [0.15, 0.2) is 12.1 Å². The van der Waals surface area contributed by atoms with Gasteiger partial charge in [-0.25, -0.2) is 14.4 Å². The number of nitrogens with zero attached hydrogens (tertiary/aromatic N) is 5. The Morgan fingerprint density at radius 2 is 1.84 bits per heavy atom. The standard InChI is InChI=1S/C22H24FN5O4/c1-13-10-28(11-14(2)31-13)21-15(12-29)7-16-20(26-32-22(16)19(21)23)17-8-25-18(9-24-17)27-3-5-30-6-4-27/h7-9,12-14H,3-6,10-11H2,1-2H3. The van der Waals surface area contributed by atoms with Gasteiger partial charge < -0.3 is 23.8 Å². The van der Waals surface area contributed by atoms with Crippen LogP contribution in [0.4, 0.5) is 15.9 Å². The van der Waals surface area contributed by atoms with Crippen molar-refractivity contribution in [3.05, 3.63) is 29.8 Å². The molecule has 2 aliphatic heterocycles. The molecule has 168 valence electrons.